The third-order valence-corrected chi connectivity index (χ3v) is 4.38. The fourth-order valence-corrected chi connectivity index (χ4v) is 2.65. The molecule has 0 saturated carbocycles. The first-order valence-electron chi connectivity index (χ1n) is 8.53. The average molecular weight is 372 g/mol. The molecule has 0 saturated heterocycles. The molecule has 2 rings (SSSR count). The van der Waals surface area contributed by atoms with Crippen LogP contribution in [-0.4, -0.2) is 42.8 Å². The highest BCUT2D eigenvalue weighted by Crippen LogP contribution is 2.19. The first kappa shape index (κ1) is 20.4. The van der Waals surface area contributed by atoms with E-state index in [0.717, 1.165) is 0 Å². The lowest BCUT2D eigenvalue weighted by molar-refractivity contribution is -0.120. The second-order valence-electron chi connectivity index (χ2n) is 6.36. The highest BCUT2D eigenvalue weighted by atomic mass is 16.5. The molecule has 1 unspecified atom stereocenters. The van der Waals surface area contributed by atoms with Crippen molar-refractivity contribution in [3.8, 4) is 0 Å². The van der Waals surface area contributed by atoms with Gasteiger partial charge in [0.25, 0.3) is 0 Å². The van der Waals surface area contributed by atoms with E-state index in [1.54, 1.807) is 56.1 Å². The number of Topliss-reactive ketones (excluding diaryl/α,β-unsaturated/α-hetero) is 1. The quantitative estimate of drug-likeness (QED) is 0.594. The molecule has 1 amide bonds. The molecule has 1 heterocycles. The molecule has 0 aliphatic carbocycles. The van der Waals surface area contributed by atoms with E-state index in [2.05, 4.69) is 5.32 Å². The van der Waals surface area contributed by atoms with E-state index in [1.807, 2.05) is 0 Å². The first-order chi connectivity index (χ1) is 12.7. The van der Waals surface area contributed by atoms with Gasteiger partial charge in [0, 0.05) is 5.56 Å². The molecule has 27 heavy (non-hydrogen) atoms. The van der Waals surface area contributed by atoms with E-state index in [0.29, 0.717) is 34.9 Å². The van der Waals surface area contributed by atoms with Crippen molar-refractivity contribution in [3.05, 3.63) is 53.0 Å². The number of furan rings is 1. The molecule has 0 aliphatic heterocycles. The summed E-state index contributed by atoms with van der Waals surface area (Å²) >= 11 is 0. The Morgan fingerprint density at radius 3 is 2.52 bits per heavy atom. The largest absolute Gasteiger partial charge is 0.465 e. The van der Waals surface area contributed by atoms with Gasteiger partial charge in [-0.15, -0.1) is 0 Å². The van der Waals surface area contributed by atoms with Crippen LogP contribution >= 0.6 is 0 Å². The summed E-state index contributed by atoms with van der Waals surface area (Å²) in [5.41, 5.74) is 1.32. The van der Waals surface area contributed by atoms with Crippen LogP contribution in [0.1, 0.15) is 46.1 Å². The number of aryl methyl sites for hydroxylation is 1. The number of nitrogens with one attached hydrogen (secondary N) is 1. The monoisotopic (exact) mass is 372 g/mol. The number of rotatable bonds is 7. The molecule has 144 valence electrons. The van der Waals surface area contributed by atoms with E-state index in [-0.39, 0.29) is 11.7 Å². The number of hydrogen-bond acceptors (Lipinski definition) is 6. The van der Waals surface area contributed by atoms with Crippen molar-refractivity contribution in [2.24, 2.45) is 0 Å². The van der Waals surface area contributed by atoms with E-state index >= 15 is 0 Å². The standard InChI is InChI=1S/C20H24N2O5/c1-12(19(24)21-18-9-7-6-8-16(18)13(2)23)22(4)11-15-10-17(14(3)27-15)20(25)26-5/h6-10,12H,11H2,1-5H3,(H,21,24). The molecule has 2 aromatic rings. The maximum atomic E-state index is 12.6. The number of hydrogen-bond donors (Lipinski definition) is 1. The lowest BCUT2D eigenvalue weighted by Gasteiger charge is -2.23. The maximum absolute atomic E-state index is 12.6. The first-order valence-corrected chi connectivity index (χ1v) is 8.53. The maximum Gasteiger partial charge on any atom is 0.341 e. The van der Waals surface area contributed by atoms with Crippen LogP contribution < -0.4 is 5.32 Å². The summed E-state index contributed by atoms with van der Waals surface area (Å²) in [6.45, 7) is 5.23. The molecule has 0 spiro atoms. The molecule has 1 aromatic heterocycles. The molecule has 0 bridgehead atoms. The van der Waals surface area contributed by atoms with Crippen molar-refractivity contribution in [1.29, 1.82) is 0 Å². The summed E-state index contributed by atoms with van der Waals surface area (Å²) in [6.07, 6.45) is 0. The van der Waals surface area contributed by atoms with Crippen molar-refractivity contribution >= 4 is 23.3 Å². The van der Waals surface area contributed by atoms with Gasteiger partial charge in [-0.1, -0.05) is 12.1 Å². The number of carbonyl (C=O) groups is 3. The van der Waals surface area contributed by atoms with E-state index in [9.17, 15) is 14.4 Å². The number of anilines is 1. The van der Waals surface area contributed by atoms with Crippen molar-refractivity contribution in [1.82, 2.24) is 4.90 Å². The third-order valence-electron chi connectivity index (χ3n) is 4.38. The van der Waals surface area contributed by atoms with Crippen molar-refractivity contribution < 1.29 is 23.5 Å². The second kappa shape index (κ2) is 8.64. The summed E-state index contributed by atoms with van der Waals surface area (Å²) in [7, 11) is 3.09. The fourth-order valence-electron chi connectivity index (χ4n) is 2.65. The SMILES string of the molecule is COC(=O)c1cc(CN(C)C(C)C(=O)Nc2ccccc2C(C)=O)oc1C. The zero-order chi connectivity index (χ0) is 20.1. The third kappa shape index (κ3) is 4.83. The van der Waals surface area contributed by atoms with Gasteiger partial charge in [-0.05, 0) is 46.0 Å². The molecule has 0 radical (unpaired) electrons. The van der Waals surface area contributed by atoms with Crippen LogP contribution in [0.15, 0.2) is 34.7 Å². The van der Waals surface area contributed by atoms with Gasteiger partial charge < -0.3 is 14.5 Å². The van der Waals surface area contributed by atoms with Crippen LogP contribution in [-0.2, 0) is 16.1 Å². The number of ether oxygens (including phenoxy) is 1. The van der Waals surface area contributed by atoms with Crippen LogP contribution in [0.2, 0.25) is 0 Å². The molecule has 7 heteroatoms. The van der Waals surface area contributed by atoms with Gasteiger partial charge in [-0.2, -0.15) is 0 Å². The van der Waals surface area contributed by atoms with Crippen LogP contribution in [0, 0.1) is 6.92 Å². The number of esters is 1. The number of para-hydroxylation sites is 1. The number of amides is 1. The minimum atomic E-state index is -0.489. The van der Waals surface area contributed by atoms with E-state index in [1.165, 1.54) is 14.0 Å². The Balaban J connectivity index is 2.07. The van der Waals surface area contributed by atoms with E-state index < -0.39 is 12.0 Å². The van der Waals surface area contributed by atoms with Crippen LogP contribution in [0.5, 0.6) is 0 Å². The van der Waals surface area contributed by atoms with Crippen LogP contribution in [0.3, 0.4) is 0 Å². The van der Waals surface area contributed by atoms with Crippen molar-refractivity contribution in [2.75, 3.05) is 19.5 Å². The normalized spacial score (nSPS) is 11.9. The van der Waals surface area contributed by atoms with Gasteiger partial charge in [-0.25, -0.2) is 4.79 Å². The Kier molecular flexibility index (Phi) is 6.52. The topological polar surface area (TPSA) is 88.9 Å². The molecule has 0 fully saturated rings. The minimum Gasteiger partial charge on any atom is -0.465 e. The number of ketones is 1. The summed E-state index contributed by atoms with van der Waals surface area (Å²) < 4.78 is 10.3. The molecule has 7 nitrogen and oxygen atoms in total. The molecule has 1 N–H and O–H groups in total. The fraction of sp³-hybridized carbons (Fsp3) is 0.350. The Morgan fingerprint density at radius 1 is 1.22 bits per heavy atom. The van der Waals surface area contributed by atoms with Crippen molar-refractivity contribution in [2.45, 2.75) is 33.4 Å². The number of carbonyl (C=O) groups excluding carboxylic acids is 3. The Morgan fingerprint density at radius 2 is 1.89 bits per heavy atom. The predicted octanol–water partition coefficient (Wildman–Crippen LogP) is 3.04. The highest BCUT2D eigenvalue weighted by Gasteiger charge is 2.22. The van der Waals surface area contributed by atoms with E-state index in [4.69, 9.17) is 9.15 Å². The van der Waals surface area contributed by atoms with Gasteiger partial charge in [0.15, 0.2) is 5.78 Å². The Hall–Kier alpha value is -2.93. The predicted molar refractivity (Wildman–Crippen MR) is 101 cm³/mol. The van der Waals surface area contributed by atoms with Crippen LogP contribution in [0.25, 0.3) is 0 Å². The molecular formula is C20H24N2O5. The average Bonchev–Trinajstić information content (AvgIpc) is 3.00. The lowest BCUT2D eigenvalue weighted by atomic mass is 10.1. The zero-order valence-electron chi connectivity index (χ0n) is 16.2. The second-order valence-corrected chi connectivity index (χ2v) is 6.36. The Bertz CT molecular complexity index is 856. The number of methoxy groups -OCH3 is 1. The van der Waals surface area contributed by atoms with Crippen molar-refractivity contribution in [3.63, 3.8) is 0 Å². The molecule has 1 atom stereocenters. The molecular weight excluding hydrogens is 348 g/mol. The van der Waals surface area contributed by atoms with Gasteiger partial charge in [0.2, 0.25) is 5.91 Å². The van der Waals surface area contributed by atoms with Crippen LogP contribution in [0.4, 0.5) is 5.69 Å². The summed E-state index contributed by atoms with van der Waals surface area (Å²) in [5.74, 6) is 0.199. The van der Waals surface area contributed by atoms with Gasteiger partial charge in [0.1, 0.15) is 17.1 Å². The highest BCUT2D eigenvalue weighted by molar-refractivity contribution is 6.04. The number of likely N-dealkylation sites (N-methyl/N-ethyl adjacent to an activating group) is 1. The minimum absolute atomic E-state index is 0.117. The molecule has 0 aliphatic rings. The smallest absolute Gasteiger partial charge is 0.341 e. The lowest BCUT2D eigenvalue weighted by Crippen LogP contribution is -2.39. The van der Waals surface area contributed by atoms with Gasteiger partial charge in [-0.3, -0.25) is 14.5 Å². The molecule has 1 aromatic carbocycles. The summed E-state index contributed by atoms with van der Waals surface area (Å²) in [6, 6.07) is 8.01. The number of benzene rings is 1. The zero-order valence-corrected chi connectivity index (χ0v) is 16.2. The Labute approximate surface area is 158 Å². The summed E-state index contributed by atoms with van der Waals surface area (Å²) in [5, 5.41) is 2.80. The summed E-state index contributed by atoms with van der Waals surface area (Å²) in [4.78, 5) is 37.7. The number of nitrogens with zero attached hydrogens (tertiary/aromatic N) is 1. The van der Waals surface area contributed by atoms with Gasteiger partial charge >= 0.3 is 5.97 Å². The van der Waals surface area contributed by atoms with Gasteiger partial charge in [0.05, 0.1) is 25.4 Å².